The Morgan fingerprint density at radius 1 is 1.40 bits per heavy atom. The maximum absolute atomic E-state index is 11.3. The third-order valence-electron chi connectivity index (χ3n) is 5.27. The fourth-order valence-electron chi connectivity index (χ4n) is 3.87. The van der Waals surface area contributed by atoms with Gasteiger partial charge in [0, 0.05) is 30.7 Å². The summed E-state index contributed by atoms with van der Waals surface area (Å²) in [5.41, 5.74) is 1.95. The topological polar surface area (TPSA) is 67.6 Å². The van der Waals surface area contributed by atoms with Gasteiger partial charge >= 0.3 is 5.97 Å². The van der Waals surface area contributed by atoms with Gasteiger partial charge in [-0.2, -0.15) is 5.10 Å². The van der Waals surface area contributed by atoms with E-state index in [9.17, 15) is 9.90 Å². The van der Waals surface area contributed by atoms with Crippen LogP contribution in [0.3, 0.4) is 0 Å². The molecule has 0 atom stereocenters. The third-order valence-corrected chi connectivity index (χ3v) is 6.62. The van der Waals surface area contributed by atoms with Gasteiger partial charge in [0.1, 0.15) is 10.5 Å². The molecule has 0 amide bonds. The van der Waals surface area contributed by atoms with Gasteiger partial charge in [-0.3, -0.25) is 4.68 Å². The lowest BCUT2D eigenvalue weighted by molar-refractivity contribution is -0.0953. The van der Waals surface area contributed by atoms with E-state index in [0.29, 0.717) is 11.5 Å². The molecular weight excluding hydrogens is 338 g/mol. The van der Waals surface area contributed by atoms with Gasteiger partial charge in [-0.05, 0) is 43.9 Å². The van der Waals surface area contributed by atoms with Crippen LogP contribution in [0, 0.1) is 6.92 Å². The van der Waals surface area contributed by atoms with Crippen LogP contribution in [0.25, 0.3) is 0 Å². The van der Waals surface area contributed by atoms with Gasteiger partial charge in [-0.1, -0.05) is 0 Å². The number of aromatic carboxylic acids is 1. The van der Waals surface area contributed by atoms with Crippen LogP contribution in [0.15, 0.2) is 18.3 Å². The molecule has 0 aromatic carbocycles. The summed E-state index contributed by atoms with van der Waals surface area (Å²) in [6.07, 6.45) is 4.70. The van der Waals surface area contributed by atoms with Gasteiger partial charge in [-0.25, -0.2) is 4.79 Å². The summed E-state index contributed by atoms with van der Waals surface area (Å²) in [5.74, 6) is -0.832. The summed E-state index contributed by atoms with van der Waals surface area (Å²) in [5, 5.41) is 13.7. The molecule has 1 N–H and O–H groups in total. The molecule has 0 radical (unpaired) electrons. The maximum atomic E-state index is 11.3. The number of aromatic nitrogens is 2. The van der Waals surface area contributed by atoms with Crippen molar-refractivity contribution in [2.75, 3.05) is 26.2 Å². The summed E-state index contributed by atoms with van der Waals surface area (Å²) in [6, 6.07) is 3.87. The number of nitrogens with zero attached hydrogens (tertiary/aromatic N) is 3. The van der Waals surface area contributed by atoms with E-state index in [0.717, 1.165) is 56.0 Å². The van der Waals surface area contributed by atoms with E-state index in [1.165, 1.54) is 16.9 Å². The maximum Gasteiger partial charge on any atom is 0.345 e. The van der Waals surface area contributed by atoms with Crippen LogP contribution in [0.4, 0.5) is 0 Å². The van der Waals surface area contributed by atoms with Crippen LogP contribution in [0.5, 0.6) is 0 Å². The molecule has 4 rings (SSSR count). The molecule has 25 heavy (non-hydrogen) atoms. The second-order valence-electron chi connectivity index (χ2n) is 6.92. The first kappa shape index (κ1) is 16.8. The van der Waals surface area contributed by atoms with Crippen LogP contribution in [0.1, 0.15) is 38.6 Å². The second-order valence-corrected chi connectivity index (χ2v) is 7.98. The largest absolute Gasteiger partial charge is 0.477 e. The zero-order valence-electron chi connectivity index (χ0n) is 14.4. The normalized spacial score (nSPS) is 19.9. The smallest absolute Gasteiger partial charge is 0.345 e. The number of aryl methyl sites for hydroxylation is 1. The molecule has 0 saturated carbocycles. The van der Waals surface area contributed by atoms with E-state index in [1.807, 2.05) is 29.9 Å². The number of carbonyl (C=O) groups is 1. The van der Waals surface area contributed by atoms with Crippen molar-refractivity contribution in [3.63, 3.8) is 0 Å². The van der Waals surface area contributed by atoms with E-state index >= 15 is 0 Å². The predicted molar refractivity (Wildman–Crippen MR) is 95.3 cm³/mol. The van der Waals surface area contributed by atoms with Crippen LogP contribution in [0.2, 0.25) is 0 Å². The first-order chi connectivity index (χ1) is 12.1. The van der Waals surface area contributed by atoms with Crippen molar-refractivity contribution in [3.8, 4) is 0 Å². The fourth-order valence-corrected chi connectivity index (χ4v) is 5.12. The minimum absolute atomic E-state index is 0.273. The highest BCUT2D eigenvalue weighted by Crippen LogP contribution is 2.45. The molecule has 2 aliphatic rings. The number of piperidine rings is 1. The van der Waals surface area contributed by atoms with Gasteiger partial charge in [0.05, 0.1) is 18.8 Å². The average Bonchev–Trinajstić information content (AvgIpc) is 3.22. The molecule has 2 aromatic rings. The standard InChI is InChI=1S/C18H23N3O3S/c1-13-2-6-21(19-13)10-9-20-7-4-18(5-8-20)16-14(3-11-24-18)12-15(25-16)17(22)23/h2,6,12H,3-5,7-11H2,1H3,(H,22,23). The molecule has 0 unspecified atom stereocenters. The van der Waals surface area contributed by atoms with E-state index in [1.54, 1.807) is 0 Å². The van der Waals surface area contributed by atoms with Crippen molar-refractivity contribution in [1.82, 2.24) is 14.7 Å². The number of hydrogen-bond donors (Lipinski definition) is 1. The van der Waals surface area contributed by atoms with Gasteiger partial charge in [0.2, 0.25) is 0 Å². The lowest BCUT2D eigenvalue weighted by Crippen LogP contribution is -2.46. The Balaban J connectivity index is 1.42. The number of ether oxygens (including phenoxy) is 1. The molecule has 7 heteroatoms. The molecular formula is C18H23N3O3S. The van der Waals surface area contributed by atoms with E-state index in [-0.39, 0.29) is 5.60 Å². The molecule has 1 saturated heterocycles. The van der Waals surface area contributed by atoms with Crippen LogP contribution in [-0.2, 0) is 23.3 Å². The van der Waals surface area contributed by atoms with E-state index < -0.39 is 5.97 Å². The molecule has 0 aliphatic carbocycles. The fraction of sp³-hybridized carbons (Fsp3) is 0.556. The summed E-state index contributed by atoms with van der Waals surface area (Å²) < 4.78 is 8.21. The number of thiophene rings is 1. The molecule has 1 spiro atoms. The predicted octanol–water partition coefficient (Wildman–Crippen LogP) is 2.52. The first-order valence-corrected chi connectivity index (χ1v) is 9.60. The lowest BCUT2D eigenvalue weighted by atomic mass is 9.85. The SMILES string of the molecule is Cc1ccn(CCN2CCC3(CC2)OCCc2cc(C(=O)O)sc23)n1. The number of hydrogen-bond acceptors (Lipinski definition) is 5. The second kappa shape index (κ2) is 6.55. The Kier molecular flexibility index (Phi) is 4.39. The number of carboxylic acid groups (broad SMARTS) is 1. The number of fused-ring (bicyclic) bond motifs is 2. The Morgan fingerprint density at radius 2 is 2.20 bits per heavy atom. The molecule has 0 bridgehead atoms. The van der Waals surface area contributed by atoms with E-state index in [2.05, 4.69) is 10.00 Å². The monoisotopic (exact) mass is 361 g/mol. The molecule has 1 fully saturated rings. The van der Waals surface area contributed by atoms with Crippen LogP contribution in [-0.4, -0.2) is 52.0 Å². The quantitative estimate of drug-likeness (QED) is 0.906. The molecule has 4 heterocycles. The molecule has 134 valence electrons. The Labute approximate surface area is 151 Å². The average molecular weight is 361 g/mol. The highest BCUT2D eigenvalue weighted by Gasteiger charge is 2.42. The highest BCUT2D eigenvalue weighted by atomic mass is 32.1. The van der Waals surface area contributed by atoms with Gasteiger partial charge in [0.15, 0.2) is 0 Å². The van der Waals surface area contributed by atoms with Crippen molar-refractivity contribution in [1.29, 1.82) is 0 Å². The Hall–Kier alpha value is -1.70. The lowest BCUT2D eigenvalue weighted by Gasteiger charge is -2.43. The summed E-state index contributed by atoms with van der Waals surface area (Å²) in [4.78, 5) is 15.4. The van der Waals surface area contributed by atoms with Gasteiger partial charge in [-0.15, -0.1) is 11.3 Å². The van der Waals surface area contributed by atoms with Crippen molar-refractivity contribution in [2.45, 2.75) is 38.3 Å². The molecule has 2 aromatic heterocycles. The molecule has 2 aliphatic heterocycles. The van der Waals surface area contributed by atoms with Crippen LogP contribution < -0.4 is 0 Å². The number of carboxylic acids is 1. The highest BCUT2D eigenvalue weighted by molar-refractivity contribution is 7.14. The minimum Gasteiger partial charge on any atom is -0.477 e. The zero-order chi connectivity index (χ0) is 17.4. The Bertz CT molecular complexity index is 774. The zero-order valence-corrected chi connectivity index (χ0v) is 15.2. The van der Waals surface area contributed by atoms with Gasteiger partial charge in [0.25, 0.3) is 0 Å². The van der Waals surface area contributed by atoms with Gasteiger partial charge < -0.3 is 14.7 Å². The summed E-state index contributed by atoms with van der Waals surface area (Å²) >= 11 is 1.41. The number of rotatable bonds is 4. The molecule has 6 nitrogen and oxygen atoms in total. The van der Waals surface area contributed by atoms with Crippen LogP contribution >= 0.6 is 11.3 Å². The Morgan fingerprint density at radius 3 is 2.88 bits per heavy atom. The minimum atomic E-state index is -0.832. The summed E-state index contributed by atoms with van der Waals surface area (Å²) in [6.45, 7) is 6.52. The van der Waals surface area contributed by atoms with Crippen molar-refractivity contribution < 1.29 is 14.6 Å². The number of likely N-dealkylation sites (tertiary alicyclic amines) is 1. The third kappa shape index (κ3) is 3.23. The van der Waals surface area contributed by atoms with E-state index in [4.69, 9.17) is 4.74 Å². The van der Waals surface area contributed by atoms with Crippen molar-refractivity contribution in [3.05, 3.63) is 39.3 Å². The van der Waals surface area contributed by atoms with Crippen molar-refractivity contribution >= 4 is 17.3 Å². The summed E-state index contributed by atoms with van der Waals surface area (Å²) in [7, 11) is 0. The first-order valence-electron chi connectivity index (χ1n) is 8.79. The van der Waals surface area contributed by atoms with Crippen molar-refractivity contribution in [2.24, 2.45) is 0 Å².